The molecule has 0 saturated heterocycles. The molecule has 4 heteroatoms. The first-order valence-corrected chi connectivity index (χ1v) is 8.49. The smallest absolute Gasteiger partial charge is 0.338 e. The summed E-state index contributed by atoms with van der Waals surface area (Å²) in [5, 5.41) is 3.58. The Morgan fingerprint density at radius 1 is 1.27 bits per heavy atom. The summed E-state index contributed by atoms with van der Waals surface area (Å²) in [5.41, 5.74) is 6.86. The zero-order valence-electron chi connectivity index (χ0n) is 13.5. The third-order valence-corrected chi connectivity index (χ3v) is 4.27. The van der Waals surface area contributed by atoms with Crippen molar-refractivity contribution in [3.63, 3.8) is 0 Å². The number of hydrogen-bond donors (Lipinski definition) is 2. The predicted molar refractivity (Wildman–Crippen MR) is 89.8 cm³/mol. The number of carbonyl (C=O) groups is 1. The van der Waals surface area contributed by atoms with Crippen LogP contribution in [-0.4, -0.2) is 24.7 Å². The lowest BCUT2D eigenvalue weighted by Crippen LogP contribution is -2.38. The van der Waals surface area contributed by atoms with Crippen LogP contribution in [-0.2, 0) is 4.74 Å². The first-order chi connectivity index (χ1) is 10.7. The van der Waals surface area contributed by atoms with Crippen molar-refractivity contribution >= 4 is 11.7 Å². The summed E-state index contributed by atoms with van der Waals surface area (Å²) < 4.78 is 5.67. The molecule has 0 aromatic heterocycles. The lowest BCUT2D eigenvalue weighted by Gasteiger charge is -2.26. The van der Waals surface area contributed by atoms with E-state index >= 15 is 0 Å². The van der Waals surface area contributed by atoms with Crippen LogP contribution in [0.3, 0.4) is 0 Å². The zero-order valence-corrected chi connectivity index (χ0v) is 13.5. The normalized spacial score (nSPS) is 17.1. The number of esters is 1. The molecule has 1 fully saturated rings. The Hall–Kier alpha value is -1.55. The summed E-state index contributed by atoms with van der Waals surface area (Å²) in [4.78, 5) is 12.2. The average molecular weight is 304 g/mol. The third kappa shape index (κ3) is 5.34. The summed E-state index contributed by atoms with van der Waals surface area (Å²) in [6, 6.07) is 7.48. The molecule has 4 nitrogen and oxygen atoms in total. The van der Waals surface area contributed by atoms with E-state index in [0.717, 1.165) is 19.4 Å². The van der Waals surface area contributed by atoms with Crippen molar-refractivity contribution < 1.29 is 9.53 Å². The van der Waals surface area contributed by atoms with Crippen LogP contribution in [0.15, 0.2) is 24.3 Å². The second-order valence-corrected chi connectivity index (χ2v) is 6.18. The SMILES string of the molecule is CCC[C@H](CNC1CCCCC1)OC(=O)c1ccc(N)cc1. The number of anilines is 1. The summed E-state index contributed by atoms with van der Waals surface area (Å²) in [6.45, 7) is 2.86. The molecule has 0 spiro atoms. The van der Waals surface area contributed by atoms with E-state index in [1.54, 1.807) is 24.3 Å². The van der Waals surface area contributed by atoms with Crippen molar-refractivity contribution in [2.45, 2.75) is 64.0 Å². The number of nitrogen functional groups attached to an aromatic ring is 1. The third-order valence-electron chi connectivity index (χ3n) is 4.27. The Labute approximate surface area is 133 Å². The maximum atomic E-state index is 12.2. The summed E-state index contributed by atoms with van der Waals surface area (Å²) >= 11 is 0. The fourth-order valence-corrected chi connectivity index (χ4v) is 2.97. The molecule has 1 atom stereocenters. The summed E-state index contributed by atoms with van der Waals surface area (Å²) in [7, 11) is 0. The van der Waals surface area contributed by atoms with Gasteiger partial charge in [-0.25, -0.2) is 4.79 Å². The first-order valence-electron chi connectivity index (χ1n) is 8.49. The summed E-state index contributed by atoms with van der Waals surface area (Å²) in [5.74, 6) is -0.260. The number of hydrogen-bond acceptors (Lipinski definition) is 4. The quantitative estimate of drug-likeness (QED) is 0.597. The van der Waals surface area contributed by atoms with Crippen molar-refractivity contribution in [3.8, 4) is 0 Å². The van der Waals surface area contributed by atoms with Crippen molar-refractivity contribution in [1.29, 1.82) is 0 Å². The van der Waals surface area contributed by atoms with Gasteiger partial charge in [0.15, 0.2) is 0 Å². The van der Waals surface area contributed by atoms with E-state index in [4.69, 9.17) is 10.5 Å². The minimum atomic E-state index is -0.260. The predicted octanol–water partition coefficient (Wildman–Crippen LogP) is 3.52. The second kappa shape index (κ2) is 8.79. The van der Waals surface area contributed by atoms with Gasteiger partial charge in [0, 0.05) is 18.3 Å². The van der Waals surface area contributed by atoms with Crippen LogP contribution in [0.2, 0.25) is 0 Å². The molecule has 22 heavy (non-hydrogen) atoms. The van der Waals surface area contributed by atoms with Gasteiger partial charge < -0.3 is 15.8 Å². The molecule has 122 valence electrons. The molecule has 3 N–H and O–H groups in total. The molecule has 1 aromatic rings. The Morgan fingerprint density at radius 2 is 1.95 bits per heavy atom. The van der Waals surface area contributed by atoms with Crippen molar-refractivity contribution in [2.75, 3.05) is 12.3 Å². The molecule has 0 radical (unpaired) electrons. The number of nitrogens with two attached hydrogens (primary N) is 1. The van der Waals surface area contributed by atoms with E-state index in [9.17, 15) is 4.79 Å². The largest absolute Gasteiger partial charge is 0.457 e. The highest BCUT2D eigenvalue weighted by Gasteiger charge is 2.18. The topological polar surface area (TPSA) is 64.3 Å². The van der Waals surface area contributed by atoms with Gasteiger partial charge in [-0.3, -0.25) is 0 Å². The molecule has 0 aliphatic heterocycles. The summed E-state index contributed by atoms with van der Waals surface area (Å²) in [6.07, 6.45) is 8.28. The minimum Gasteiger partial charge on any atom is -0.457 e. The molecule has 2 rings (SSSR count). The maximum Gasteiger partial charge on any atom is 0.338 e. The number of rotatable bonds is 7. The van der Waals surface area contributed by atoms with Gasteiger partial charge in [0.1, 0.15) is 6.10 Å². The fourth-order valence-electron chi connectivity index (χ4n) is 2.97. The van der Waals surface area contributed by atoms with E-state index in [1.165, 1.54) is 32.1 Å². The van der Waals surface area contributed by atoms with Crippen LogP contribution in [0.4, 0.5) is 5.69 Å². The van der Waals surface area contributed by atoms with E-state index in [-0.39, 0.29) is 12.1 Å². The lowest BCUT2D eigenvalue weighted by atomic mass is 9.95. The van der Waals surface area contributed by atoms with Crippen LogP contribution in [0.1, 0.15) is 62.2 Å². The van der Waals surface area contributed by atoms with Crippen molar-refractivity contribution in [1.82, 2.24) is 5.32 Å². The van der Waals surface area contributed by atoms with Gasteiger partial charge in [0.05, 0.1) is 5.56 Å². The van der Waals surface area contributed by atoms with Gasteiger partial charge in [-0.05, 0) is 43.5 Å². The average Bonchev–Trinajstić information content (AvgIpc) is 2.54. The van der Waals surface area contributed by atoms with Gasteiger partial charge in [0.25, 0.3) is 0 Å². The Bertz CT molecular complexity index is 453. The Balaban J connectivity index is 1.84. The minimum absolute atomic E-state index is 0.0584. The molecule has 0 unspecified atom stereocenters. The fraction of sp³-hybridized carbons (Fsp3) is 0.611. The van der Waals surface area contributed by atoms with Crippen molar-refractivity contribution in [2.24, 2.45) is 0 Å². The van der Waals surface area contributed by atoms with Gasteiger partial charge in [-0.1, -0.05) is 32.6 Å². The second-order valence-electron chi connectivity index (χ2n) is 6.18. The van der Waals surface area contributed by atoms with Crippen LogP contribution in [0.5, 0.6) is 0 Å². The van der Waals surface area contributed by atoms with Crippen molar-refractivity contribution in [3.05, 3.63) is 29.8 Å². The van der Waals surface area contributed by atoms with E-state index in [0.29, 0.717) is 17.3 Å². The standard InChI is InChI=1S/C18H28N2O2/c1-2-6-17(13-20-16-7-4-3-5-8-16)22-18(21)14-9-11-15(19)12-10-14/h9-12,16-17,20H,2-8,13,19H2,1H3/t17-/m1/s1. The van der Waals surface area contributed by atoms with E-state index < -0.39 is 0 Å². The van der Waals surface area contributed by atoms with Crippen LogP contribution < -0.4 is 11.1 Å². The van der Waals surface area contributed by atoms with E-state index in [1.807, 2.05) is 0 Å². The number of benzene rings is 1. The van der Waals surface area contributed by atoms with Crippen LogP contribution in [0, 0.1) is 0 Å². The lowest BCUT2D eigenvalue weighted by molar-refractivity contribution is 0.0272. The number of nitrogens with one attached hydrogen (secondary N) is 1. The highest BCUT2D eigenvalue weighted by molar-refractivity contribution is 5.89. The molecular formula is C18H28N2O2. The van der Waals surface area contributed by atoms with Gasteiger partial charge in [-0.15, -0.1) is 0 Å². The zero-order chi connectivity index (χ0) is 15.8. The molecule has 1 aliphatic rings. The molecule has 0 heterocycles. The maximum absolute atomic E-state index is 12.2. The van der Waals surface area contributed by atoms with E-state index in [2.05, 4.69) is 12.2 Å². The Kier molecular flexibility index (Phi) is 6.72. The highest BCUT2D eigenvalue weighted by Crippen LogP contribution is 2.18. The molecule has 0 amide bonds. The molecule has 1 aliphatic carbocycles. The van der Waals surface area contributed by atoms with Crippen LogP contribution >= 0.6 is 0 Å². The highest BCUT2D eigenvalue weighted by atomic mass is 16.5. The molecular weight excluding hydrogens is 276 g/mol. The van der Waals surface area contributed by atoms with Gasteiger partial charge in [0.2, 0.25) is 0 Å². The van der Waals surface area contributed by atoms with Gasteiger partial charge >= 0.3 is 5.97 Å². The molecule has 1 aromatic carbocycles. The number of carbonyl (C=O) groups excluding carboxylic acids is 1. The monoisotopic (exact) mass is 304 g/mol. The molecule has 0 bridgehead atoms. The number of ether oxygens (including phenoxy) is 1. The van der Waals surface area contributed by atoms with Crippen LogP contribution in [0.25, 0.3) is 0 Å². The Morgan fingerprint density at radius 3 is 2.59 bits per heavy atom. The first kappa shape index (κ1) is 16.8. The van der Waals surface area contributed by atoms with Gasteiger partial charge in [-0.2, -0.15) is 0 Å². The molecule has 1 saturated carbocycles.